The summed E-state index contributed by atoms with van der Waals surface area (Å²) in [5, 5.41) is 12.1. The Morgan fingerprint density at radius 3 is 2.41 bits per heavy atom. The minimum absolute atomic E-state index is 0.339. The number of fused-ring (bicyclic) bond motifs is 2. The summed E-state index contributed by atoms with van der Waals surface area (Å²) in [5.74, 6) is -2.18. The van der Waals surface area contributed by atoms with E-state index in [1.165, 1.54) is 0 Å². The quantitative estimate of drug-likeness (QED) is 0.808. The number of carbonyl (C=O) groups is 2. The third kappa shape index (κ3) is 2.57. The van der Waals surface area contributed by atoms with Gasteiger partial charge in [0.15, 0.2) is 0 Å². The summed E-state index contributed by atoms with van der Waals surface area (Å²) < 4.78 is 10.8. The Hall–Kier alpha value is -2.34. The van der Waals surface area contributed by atoms with Crippen LogP contribution in [0.3, 0.4) is 0 Å². The highest BCUT2D eigenvalue weighted by Gasteiger charge is 2.53. The molecule has 2 heterocycles. The van der Waals surface area contributed by atoms with Crippen LogP contribution in [0.5, 0.6) is 5.75 Å². The first-order valence-electron chi connectivity index (χ1n) is 7.20. The lowest BCUT2D eigenvalue weighted by atomic mass is 9.82. The molecule has 2 aliphatic rings. The van der Waals surface area contributed by atoms with Gasteiger partial charge in [-0.25, -0.2) is 0 Å². The van der Waals surface area contributed by atoms with Gasteiger partial charge >= 0.3 is 5.97 Å². The van der Waals surface area contributed by atoms with Gasteiger partial charge in [-0.05, 0) is 31.2 Å². The van der Waals surface area contributed by atoms with Crippen molar-refractivity contribution in [2.75, 3.05) is 11.9 Å². The molecule has 2 N–H and O–H groups in total. The molecule has 116 valence electrons. The number of hydrogen-bond donors (Lipinski definition) is 2. The van der Waals surface area contributed by atoms with Gasteiger partial charge in [0.1, 0.15) is 11.7 Å². The highest BCUT2D eigenvalue weighted by molar-refractivity contribution is 5.96. The number of amides is 1. The van der Waals surface area contributed by atoms with Crippen molar-refractivity contribution >= 4 is 17.6 Å². The lowest BCUT2D eigenvalue weighted by Crippen LogP contribution is -2.39. The molecule has 1 amide bonds. The largest absolute Gasteiger partial charge is 0.494 e. The molecule has 0 aromatic heterocycles. The topological polar surface area (TPSA) is 84.9 Å². The van der Waals surface area contributed by atoms with Crippen LogP contribution >= 0.6 is 0 Å². The lowest BCUT2D eigenvalue weighted by Gasteiger charge is -2.21. The molecule has 0 unspecified atom stereocenters. The maximum atomic E-state index is 12.4. The standard InChI is InChI=1S/C16H17NO5/c1-2-21-10-5-3-9(4-6-10)17-15(18)13-11-7-8-12(22-11)14(13)16(19)20/h3-8,11-14H,2H2,1H3,(H,17,18)(H,19,20)/t11-,12+,13+,14-/m0/s1. The lowest BCUT2D eigenvalue weighted by molar-refractivity contribution is -0.145. The van der Waals surface area contributed by atoms with E-state index in [9.17, 15) is 14.7 Å². The van der Waals surface area contributed by atoms with Gasteiger partial charge < -0.3 is 19.9 Å². The highest BCUT2D eigenvalue weighted by Crippen LogP contribution is 2.39. The Balaban J connectivity index is 1.71. The van der Waals surface area contributed by atoms with E-state index in [1.807, 2.05) is 6.92 Å². The number of ether oxygens (including phenoxy) is 2. The van der Waals surface area contributed by atoms with E-state index < -0.39 is 30.0 Å². The number of nitrogens with one attached hydrogen (secondary N) is 1. The van der Waals surface area contributed by atoms with Gasteiger partial charge in [-0.1, -0.05) is 12.2 Å². The van der Waals surface area contributed by atoms with E-state index in [-0.39, 0.29) is 5.91 Å². The van der Waals surface area contributed by atoms with E-state index in [4.69, 9.17) is 9.47 Å². The van der Waals surface area contributed by atoms with Crippen LogP contribution in [-0.4, -0.2) is 35.8 Å². The molecule has 4 atom stereocenters. The number of benzene rings is 1. The summed E-state index contributed by atoms with van der Waals surface area (Å²) in [6.07, 6.45) is 2.49. The van der Waals surface area contributed by atoms with Gasteiger partial charge in [0, 0.05) is 5.69 Å². The molecule has 2 bridgehead atoms. The van der Waals surface area contributed by atoms with Gasteiger partial charge in [0.25, 0.3) is 0 Å². The fourth-order valence-corrected chi connectivity index (χ4v) is 2.94. The summed E-state index contributed by atoms with van der Waals surface area (Å²) in [6, 6.07) is 6.96. The molecule has 1 saturated heterocycles. The van der Waals surface area contributed by atoms with Crippen molar-refractivity contribution in [2.45, 2.75) is 19.1 Å². The zero-order valence-electron chi connectivity index (χ0n) is 12.1. The monoisotopic (exact) mass is 303 g/mol. The fourth-order valence-electron chi connectivity index (χ4n) is 2.94. The van der Waals surface area contributed by atoms with Crippen molar-refractivity contribution in [3.05, 3.63) is 36.4 Å². The summed E-state index contributed by atoms with van der Waals surface area (Å²) in [7, 11) is 0. The molecule has 0 aliphatic carbocycles. The molecular formula is C16H17NO5. The van der Waals surface area contributed by atoms with Crippen LogP contribution in [0.25, 0.3) is 0 Å². The molecule has 0 saturated carbocycles. The van der Waals surface area contributed by atoms with Crippen molar-refractivity contribution in [1.82, 2.24) is 0 Å². The maximum Gasteiger partial charge on any atom is 0.310 e. The number of hydrogen-bond acceptors (Lipinski definition) is 4. The second kappa shape index (κ2) is 5.81. The van der Waals surface area contributed by atoms with E-state index in [1.54, 1.807) is 36.4 Å². The number of carboxylic acids is 1. The van der Waals surface area contributed by atoms with Gasteiger partial charge in [-0.2, -0.15) is 0 Å². The van der Waals surface area contributed by atoms with Crippen LogP contribution in [0.15, 0.2) is 36.4 Å². The molecule has 0 radical (unpaired) electrons. The van der Waals surface area contributed by atoms with Crippen LogP contribution in [0.1, 0.15) is 6.92 Å². The minimum Gasteiger partial charge on any atom is -0.494 e. The van der Waals surface area contributed by atoms with Gasteiger partial charge in [-0.15, -0.1) is 0 Å². The molecule has 22 heavy (non-hydrogen) atoms. The van der Waals surface area contributed by atoms with Crippen LogP contribution in [0.2, 0.25) is 0 Å². The number of anilines is 1. The van der Waals surface area contributed by atoms with Crippen LogP contribution in [0, 0.1) is 11.8 Å². The second-order valence-corrected chi connectivity index (χ2v) is 5.29. The first-order chi connectivity index (χ1) is 10.6. The van der Waals surface area contributed by atoms with Crippen LogP contribution in [0.4, 0.5) is 5.69 Å². The minimum atomic E-state index is -1.01. The Bertz CT molecular complexity index is 609. The predicted octanol–water partition coefficient (Wildman–Crippen LogP) is 1.68. The summed E-state index contributed by atoms with van der Waals surface area (Å²) in [4.78, 5) is 23.8. The fraction of sp³-hybridized carbons (Fsp3) is 0.375. The van der Waals surface area contributed by atoms with Crippen molar-refractivity contribution in [1.29, 1.82) is 0 Å². The highest BCUT2D eigenvalue weighted by atomic mass is 16.5. The van der Waals surface area contributed by atoms with Crippen molar-refractivity contribution in [3.63, 3.8) is 0 Å². The van der Waals surface area contributed by atoms with Crippen molar-refractivity contribution in [3.8, 4) is 5.75 Å². The van der Waals surface area contributed by atoms with Gasteiger partial charge in [-0.3, -0.25) is 9.59 Å². The van der Waals surface area contributed by atoms with Crippen molar-refractivity contribution < 1.29 is 24.2 Å². The zero-order valence-corrected chi connectivity index (χ0v) is 12.1. The zero-order chi connectivity index (χ0) is 15.7. The molecule has 3 rings (SSSR count). The summed E-state index contributed by atoms with van der Waals surface area (Å²) >= 11 is 0. The molecule has 0 spiro atoms. The second-order valence-electron chi connectivity index (χ2n) is 5.29. The van der Waals surface area contributed by atoms with Crippen LogP contribution < -0.4 is 10.1 Å². The number of carbonyl (C=O) groups excluding carboxylic acids is 1. The van der Waals surface area contributed by atoms with E-state index in [0.29, 0.717) is 12.3 Å². The molecule has 6 nitrogen and oxygen atoms in total. The summed E-state index contributed by atoms with van der Waals surface area (Å²) in [6.45, 7) is 2.46. The third-order valence-corrected chi connectivity index (χ3v) is 3.92. The normalized spacial score (nSPS) is 28.6. The average molecular weight is 303 g/mol. The van der Waals surface area contributed by atoms with Gasteiger partial charge in [0.2, 0.25) is 5.91 Å². The number of carboxylic acid groups (broad SMARTS) is 1. The predicted molar refractivity (Wildman–Crippen MR) is 78.7 cm³/mol. The Morgan fingerprint density at radius 2 is 1.82 bits per heavy atom. The van der Waals surface area contributed by atoms with Crippen molar-refractivity contribution in [2.24, 2.45) is 11.8 Å². The molecule has 1 aromatic carbocycles. The van der Waals surface area contributed by atoms with E-state index in [2.05, 4.69) is 5.32 Å². The Morgan fingerprint density at radius 1 is 1.18 bits per heavy atom. The Labute approximate surface area is 127 Å². The molecular weight excluding hydrogens is 286 g/mol. The maximum absolute atomic E-state index is 12.4. The van der Waals surface area contributed by atoms with E-state index >= 15 is 0 Å². The molecule has 6 heteroatoms. The summed E-state index contributed by atoms with van der Waals surface area (Å²) in [5.41, 5.74) is 0.601. The molecule has 1 fully saturated rings. The third-order valence-electron chi connectivity index (χ3n) is 3.92. The smallest absolute Gasteiger partial charge is 0.310 e. The molecule has 2 aliphatic heterocycles. The first-order valence-corrected chi connectivity index (χ1v) is 7.20. The SMILES string of the molecule is CCOc1ccc(NC(=O)[C@H]2[C@@H](C(=O)O)[C@H]3C=C[C@@H]2O3)cc1. The number of aliphatic carboxylic acids is 1. The van der Waals surface area contributed by atoms with Crippen LogP contribution in [-0.2, 0) is 14.3 Å². The average Bonchev–Trinajstić information content (AvgIpc) is 3.10. The van der Waals surface area contributed by atoms with E-state index in [0.717, 1.165) is 5.75 Å². The molecule has 1 aromatic rings. The first kappa shape index (κ1) is 14.6. The van der Waals surface area contributed by atoms with Gasteiger partial charge in [0.05, 0.1) is 24.7 Å². The Kier molecular flexibility index (Phi) is 3.85. The number of rotatable bonds is 5.